The molecule has 1 unspecified atom stereocenters. The molecule has 0 aliphatic rings. The van der Waals surface area contributed by atoms with E-state index in [0.29, 0.717) is 0 Å². The number of thiazole rings is 1. The van der Waals surface area contributed by atoms with Crippen LogP contribution in [0, 0.1) is 11.7 Å². The zero-order chi connectivity index (χ0) is 13.4. The van der Waals surface area contributed by atoms with E-state index in [4.69, 9.17) is 12.2 Å². The van der Waals surface area contributed by atoms with Gasteiger partial charge in [-0.25, -0.2) is 4.98 Å². The number of hydrogen-bond acceptors (Lipinski definition) is 3. The van der Waals surface area contributed by atoms with E-state index >= 15 is 0 Å². The summed E-state index contributed by atoms with van der Waals surface area (Å²) in [6.45, 7) is 4.26. The van der Waals surface area contributed by atoms with Crippen LogP contribution < -0.4 is 0 Å². The molecule has 0 aliphatic carbocycles. The van der Waals surface area contributed by atoms with E-state index in [2.05, 4.69) is 46.6 Å². The van der Waals surface area contributed by atoms with Gasteiger partial charge in [0.1, 0.15) is 5.01 Å². The second kappa shape index (κ2) is 4.90. The summed E-state index contributed by atoms with van der Waals surface area (Å²) in [7, 11) is 0. The van der Waals surface area contributed by atoms with Crippen LogP contribution in [0.25, 0.3) is 11.0 Å². The quantitative estimate of drug-likeness (QED) is 0.722. The zero-order valence-electron chi connectivity index (χ0n) is 10.9. The molecule has 1 atom stereocenters. The molecular formula is C14H15N3S2. The average Bonchev–Trinajstić information content (AvgIpc) is 2.99. The maximum Gasteiger partial charge on any atom is 0.178 e. The van der Waals surface area contributed by atoms with E-state index in [9.17, 15) is 0 Å². The molecule has 3 aromatic rings. The number of rotatable bonds is 3. The molecule has 2 heterocycles. The van der Waals surface area contributed by atoms with Gasteiger partial charge in [0.25, 0.3) is 0 Å². The zero-order valence-corrected chi connectivity index (χ0v) is 12.5. The van der Waals surface area contributed by atoms with E-state index in [1.807, 2.05) is 11.6 Å². The third-order valence-corrected chi connectivity index (χ3v) is 4.48. The van der Waals surface area contributed by atoms with Crippen LogP contribution in [0.2, 0.25) is 0 Å². The van der Waals surface area contributed by atoms with Crippen molar-refractivity contribution in [2.75, 3.05) is 0 Å². The monoisotopic (exact) mass is 289 g/mol. The van der Waals surface area contributed by atoms with E-state index in [-0.39, 0.29) is 6.04 Å². The molecule has 0 amide bonds. The molecule has 0 bridgehead atoms. The molecule has 0 fully saturated rings. The molecule has 1 aromatic carbocycles. The predicted octanol–water partition coefficient (Wildman–Crippen LogP) is 4.46. The predicted molar refractivity (Wildman–Crippen MR) is 82.4 cm³/mol. The standard InChI is InChI=1S/C14H15N3S2/c1-3-11(13-15-6-7-19-13)17-12-5-4-9(2)8-10(12)16-14(17)18/h4-8,11H,3H2,1-2H3,(H,16,18). The number of aromatic amines is 1. The van der Waals surface area contributed by atoms with Gasteiger partial charge >= 0.3 is 0 Å². The number of hydrogen-bond donors (Lipinski definition) is 1. The number of benzene rings is 1. The molecule has 0 saturated carbocycles. The topological polar surface area (TPSA) is 33.6 Å². The van der Waals surface area contributed by atoms with Crippen LogP contribution in [0.3, 0.4) is 0 Å². The van der Waals surface area contributed by atoms with E-state index in [1.54, 1.807) is 11.3 Å². The molecule has 3 rings (SSSR count). The van der Waals surface area contributed by atoms with Gasteiger partial charge in [-0.1, -0.05) is 13.0 Å². The van der Waals surface area contributed by atoms with Crippen molar-refractivity contribution in [3.05, 3.63) is 45.1 Å². The van der Waals surface area contributed by atoms with Gasteiger partial charge in [-0.15, -0.1) is 11.3 Å². The molecule has 0 saturated heterocycles. The lowest BCUT2D eigenvalue weighted by atomic mass is 10.2. The summed E-state index contributed by atoms with van der Waals surface area (Å²) >= 11 is 7.18. The Morgan fingerprint density at radius 1 is 1.47 bits per heavy atom. The van der Waals surface area contributed by atoms with E-state index in [0.717, 1.165) is 27.2 Å². The van der Waals surface area contributed by atoms with Crippen molar-refractivity contribution in [2.24, 2.45) is 0 Å². The highest BCUT2D eigenvalue weighted by molar-refractivity contribution is 7.71. The molecule has 3 nitrogen and oxygen atoms in total. The molecule has 19 heavy (non-hydrogen) atoms. The summed E-state index contributed by atoms with van der Waals surface area (Å²) in [6, 6.07) is 6.60. The van der Waals surface area contributed by atoms with Crippen LogP contribution >= 0.6 is 23.6 Å². The summed E-state index contributed by atoms with van der Waals surface area (Å²) in [4.78, 5) is 7.75. The highest BCUT2D eigenvalue weighted by Gasteiger charge is 2.18. The summed E-state index contributed by atoms with van der Waals surface area (Å²) < 4.78 is 2.95. The number of imidazole rings is 1. The Morgan fingerprint density at radius 3 is 3.00 bits per heavy atom. The second-order valence-electron chi connectivity index (χ2n) is 4.62. The van der Waals surface area contributed by atoms with Gasteiger partial charge in [-0.3, -0.25) is 0 Å². The van der Waals surface area contributed by atoms with Gasteiger partial charge < -0.3 is 9.55 Å². The van der Waals surface area contributed by atoms with Gasteiger partial charge in [0.2, 0.25) is 0 Å². The number of fused-ring (bicyclic) bond motifs is 1. The number of aromatic nitrogens is 3. The lowest BCUT2D eigenvalue weighted by Gasteiger charge is -2.15. The Labute approximate surface area is 120 Å². The van der Waals surface area contributed by atoms with Crippen molar-refractivity contribution in [3.8, 4) is 0 Å². The fraction of sp³-hybridized carbons (Fsp3) is 0.286. The summed E-state index contributed by atoms with van der Waals surface area (Å²) in [6.07, 6.45) is 2.83. The Morgan fingerprint density at radius 2 is 2.32 bits per heavy atom. The highest BCUT2D eigenvalue weighted by Crippen LogP contribution is 2.28. The summed E-state index contributed by atoms with van der Waals surface area (Å²) in [5.41, 5.74) is 3.48. The fourth-order valence-corrected chi connectivity index (χ4v) is 3.57. The molecule has 0 aliphatic heterocycles. The van der Waals surface area contributed by atoms with Crippen LogP contribution in [0.15, 0.2) is 29.8 Å². The second-order valence-corrected chi connectivity index (χ2v) is 5.93. The van der Waals surface area contributed by atoms with Gasteiger partial charge in [0.15, 0.2) is 4.77 Å². The third kappa shape index (κ3) is 2.13. The van der Waals surface area contributed by atoms with Crippen molar-refractivity contribution in [1.82, 2.24) is 14.5 Å². The van der Waals surface area contributed by atoms with Gasteiger partial charge in [0, 0.05) is 11.6 Å². The lowest BCUT2D eigenvalue weighted by molar-refractivity contribution is 0.572. The number of nitrogens with zero attached hydrogens (tertiary/aromatic N) is 2. The first-order chi connectivity index (χ1) is 9.20. The van der Waals surface area contributed by atoms with Crippen molar-refractivity contribution in [3.63, 3.8) is 0 Å². The molecule has 98 valence electrons. The minimum absolute atomic E-state index is 0.212. The number of H-pyrrole nitrogens is 1. The molecule has 5 heteroatoms. The lowest BCUT2D eigenvalue weighted by Crippen LogP contribution is -2.09. The highest BCUT2D eigenvalue weighted by atomic mass is 32.1. The summed E-state index contributed by atoms with van der Waals surface area (Å²) in [5.74, 6) is 0. The maximum atomic E-state index is 5.50. The van der Waals surface area contributed by atoms with Crippen LogP contribution in [-0.2, 0) is 0 Å². The Balaban J connectivity index is 2.24. The number of aryl methyl sites for hydroxylation is 1. The van der Waals surface area contributed by atoms with Crippen molar-refractivity contribution in [1.29, 1.82) is 0 Å². The molecule has 1 N–H and O–H groups in total. The van der Waals surface area contributed by atoms with E-state index in [1.165, 1.54) is 5.56 Å². The Bertz CT molecular complexity index is 753. The first-order valence-corrected chi connectivity index (χ1v) is 7.59. The minimum atomic E-state index is 0.212. The fourth-order valence-electron chi connectivity index (χ4n) is 2.42. The molecular weight excluding hydrogens is 274 g/mol. The first kappa shape index (κ1) is 12.6. The van der Waals surface area contributed by atoms with Crippen molar-refractivity contribution >= 4 is 34.6 Å². The summed E-state index contributed by atoms with van der Waals surface area (Å²) in [5, 5.41) is 3.13. The molecule has 0 spiro atoms. The van der Waals surface area contributed by atoms with Crippen LogP contribution in [0.5, 0.6) is 0 Å². The van der Waals surface area contributed by atoms with Gasteiger partial charge in [-0.05, 0) is 43.3 Å². The van der Waals surface area contributed by atoms with Crippen molar-refractivity contribution < 1.29 is 0 Å². The third-order valence-electron chi connectivity index (χ3n) is 3.31. The van der Waals surface area contributed by atoms with Crippen molar-refractivity contribution in [2.45, 2.75) is 26.3 Å². The van der Waals surface area contributed by atoms with E-state index < -0.39 is 0 Å². The smallest absolute Gasteiger partial charge is 0.178 e. The van der Waals surface area contributed by atoms with Crippen LogP contribution in [0.1, 0.15) is 30.0 Å². The SMILES string of the molecule is CCC(c1nccs1)n1c(=S)[nH]c2cc(C)ccc21. The molecule has 0 radical (unpaired) electrons. The largest absolute Gasteiger partial charge is 0.331 e. The maximum absolute atomic E-state index is 5.50. The Kier molecular flexibility index (Phi) is 3.24. The van der Waals surface area contributed by atoms with Crippen LogP contribution in [0.4, 0.5) is 0 Å². The molecule has 2 aromatic heterocycles. The normalized spacial score (nSPS) is 12.9. The van der Waals surface area contributed by atoms with Gasteiger partial charge in [0.05, 0.1) is 17.1 Å². The van der Waals surface area contributed by atoms with Crippen LogP contribution in [-0.4, -0.2) is 14.5 Å². The first-order valence-electron chi connectivity index (χ1n) is 6.31. The Hall–Kier alpha value is -1.46. The minimum Gasteiger partial charge on any atom is -0.331 e. The average molecular weight is 289 g/mol. The van der Waals surface area contributed by atoms with Gasteiger partial charge in [-0.2, -0.15) is 0 Å². The number of nitrogens with one attached hydrogen (secondary N) is 1.